The molecule has 1 amide bonds. The summed E-state index contributed by atoms with van der Waals surface area (Å²) in [5, 5.41) is 6.61. The second-order valence-electron chi connectivity index (χ2n) is 5.45. The van der Waals surface area contributed by atoms with Gasteiger partial charge in [0.2, 0.25) is 17.6 Å². The number of carbonyl (C=O) groups is 1. The van der Waals surface area contributed by atoms with Gasteiger partial charge in [-0.05, 0) is 35.9 Å². The van der Waals surface area contributed by atoms with E-state index in [2.05, 4.69) is 20.2 Å². The normalized spacial score (nSPS) is 11.1. The number of aryl methyl sites for hydroxylation is 1. The molecular weight excluding hydrogens is 356 g/mol. The Kier molecular flexibility index (Phi) is 5.55. The summed E-state index contributed by atoms with van der Waals surface area (Å²) in [5.41, 5.74) is 1.83. The number of rotatable bonds is 6. The zero-order valence-corrected chi connectivity index (χ0v) is 14.2. The van der Waals surface area contributed by atoms with Crippen LogP contribution in [0.4, 0.5) is 14.5 Å². The average molecular weight is 371 g/mol. The van der Waals surface area contributed by atoms with Crippen LogP contribution in [0.1, 0.15) is 11.5 Å². The fraction of sp³-hybridized carbons (Fsp3) is 0.105. The number of carbonyl (C=O) groups excluding carboxylic acids is 1. The molecule has 0 atom stereocenters. The topological polar surface area (TPSA) is 77.2 Å². The highest BCUT2D eigenvalue weighted by molar-refractivity contribution is 6.03. The van der Waals surface area contributed by atoms with Gasteiger partial charge in [-0.2, -0.15) is 13.8 Å². The highest BCUT2D eigenvalue weighted by Crippen LogP contribution is 2.25. The van der Waals surface area contributed by atoms with Gasteiger partial charge >= 0.3 is 6.61 Å². The molecule has 6 nitrogen and oxygen atoms in total. The summed E-state index contributed by atoms with van der Waals surface area (Å²) in [6.07, 6.45) is 2.89. The number of ether oxygens (including phenoxy) is 1. The number of amides is 1. The maximum absolute atomic E-state index is 12.2. The first-order valence-corrected chi connectivity index (χ1v) is 7.95. The molecule has 2 aromatic carbocycles. The molecule has 8 heteroatoms. The summed E-state index contributed by atoms with van der Waals surface area (Å²) in [6.45, 7) is -1.20. The predicted octanol–water partition coefficient (Wildman–Crippen LogP) is 4.30. The van der Waals surface area contributed by atoms with E-state index in [1.54, 1.807) is 49.4 Å². The molecule has 1 N–H and O–H groups in total. The molecule has 138 valence electrons. The number of aromatic nitrogens is 2. The summed E-state index contributed by atoms with van der Waals surface area (Å²) in [4.78, 5) is 16.4. The molecule has 3 aromatic rings. The molecule has 0 saturated heterocycles. The third-order valence-electron chi connectivity index (χ3n) is 3.49. The zero-order chi connectivity index (χ0) is 19.2. The predicted molar refractivity (Wildman–Crippen MR) is 95.2 cm³/mol. The second kappa shape index (κ2) is 8.22. The lowest BCUT2D eigenvalue weighted by molar-refractivity contribution is -0.111. The molecule has 1 aromatic heterocycles. The van der Waals surface area contributed by atoms with E-state index in [9.17, 15) is 13.6 Å². The number of nitrogens with one attached hydrogen (secondary N) is 1. The lowest BCUT2D eigenvalue weighted by atomic mass is 10.1. The van der Waals surface area contributed by atoms with E-state index < -0.39 is 6.61 Å². The highest BCUT2D eigenvalue weighted by Gasteiger charge is 2.11. The van der Waals surface area contributed by atoms with Crippen LogP contribution in [0.5, 0.6) is 5.75 Å². The fourth-order valence-electron chi connectivity index (χ4n) is 2.30. The molecule has 1 heterocycles. The minimum atomic E-state index is -2.87. The first kappa shape index (κ1) is 18.2. The Balaban J connectivity index is 1.68. The maximum atomic E-state index is 12.2. The average Bonchev–Trinajstić information content (AvgIpc) is 3.07. The van der Waals surface area contributed by atoms with Crippen LogP contribution in [-0.4, -0.2) is 22.7 Å². The monoisotopic (exact) mass is 371 g/mol. The molecule has 0 aliphatic carbocycles. The van der Waals surface area contributed by atoms with Crippen molar-refractivity contribution in [2.45, 2.75) is 13.5 Å². The van der Waals surface area contributed by atoms with Gasteiger partial charge in [-0.25, -0.2) is 0 Å². The Labute approximate surface area is 153 Å². The quantitative estimate of drug-likeness (QED) is 0.654. The molecule has 0 aliphatic rings. The first-order valence-electron chi connectivity index (χ1n) is 7.95. The standard InChI is InChI=1S/C19H15F2N3O3/c1-12-22-18(24-27-12)15-4-2-3-5-16(15)23-17(25)11-8-13-6-9-14(10-7-13)26-19(20)21/h2-11,19H,1H3,(H,23,25). The van der Waals surface area contributed by atoms with Gasteiger partial charge in [0.25, 0.3) is 0 Å². The van der Waals surface area contributed by atoms with E-state index in [4.69, 9.17) is 4.52 Å². The largest absolute Gasteiger partial charge is 0.435 e. The number of para-hydroxylation sites is 1. The van der Waals surface area contributed by atoms with Gasteiger partial charge < -0.3 is 14.6 Å². The third-order valence-corrected chi connectivity index (χ3v) is 3.49. The molecule has 0 aliphatic heterocycles. The minimum Gasteiger partial charge on any atom is -0.435 e. The first-order chi connectivity index (χ1) is 13.0. The van der Waals surface area contributed by atoms with Crippen molar-refractivity contribution in [2.75, 3.05) is 5.32 Å². The van der Waals surface area contributed by atoms with Crippen LogP contribution in [0, 0.1) is 6.92 Å². The summed E-state index contributed by atoms with van der Waals surface area (Å²) in [7, 11) is 0. The Morgan fingerprint density at radius 2 is 1.93 bits per heavy atom. The van der Waals surface area contributed by atoms with Gasteiger partial charge in [-0.15, -0.1) is 0 Å². The lowest BCUT2D eigenvalue weighted by Gasteiger charge is -2.06. The molecule has 3 rings (SSSR count). The number of halogens is 2. The fourth-order valence-corrected chi connectivity index (χ4v) is 2.30. The van der Waals surface area contributed by atoms with E-state index >= 15 is 0 Å². The molecule has 0 bridgehead atoms. The van der Waals surface area contributed by atoms with Gasteiger partial charge in [0.15, 0.2) is 0 Å². The smallest absolute Gasteiger partial charge is 0.387 e. The number of hydrogen-bond donors (Lipinski definition) is 1. The van der Waals surface area contributed by atoms with Crippen LogP contribution in [0.15, 0.2) is 59.1 Å². The minimum absolute atomic E-state index is 0.0518. The number of anilines is 1. The maximum Gasteiger partial charge on any atom is 0.387 e. The van der Waals surface area contributed by atoms with Crippen LogP contribution in [0.2, 0.25) is 0 Å². The van der Waals surface area contributed by atoms with E-state index in [1.807, 2.05) is 0 Å². The Morgan fingerprint density at radius 1 is 1.19 bits per heavy atom. The number of alkyl halides is 2. The van der Waals surface area contributed by atoms with Crippen molar-refractivity contribution in [3.63, 3.8) is 0 Å². The van der Waals surface area contributed by atoms with E-state index in [1.165, 1.54) is 18.2 Å². The third kappa shape index (κ3) is 4.97. The highest BCUT2D eigenvalue weighted by atomic mass is 19.3. The molecule has 0 unspecified atom stereocenters. The summed E-state index contributed by atoms with van der Waals surface area (Å²) >= 11 is 0. The van der Waals surface area contributed by atoms with Crippen molar-refractivity contribution < 1.29 is 22.8 Å². The van der Waals surface area contributed by atoms with E-state index in [0.29, 0.717) is 28.5 Å². The van der Waals surface area contributed by atoms with Crippen LogP contribution < -0.4 is 10.1 Å². The van der Waals surface area contributed by atoms with Crippen LogP contribution in [0.25, 0.3) is 17.5 Å². The molecule has 0 fully saturated rings. The van der Waals surface area contributed by atoms with Crippen molar-refractivity contribution in [1.82, 2.24) is 10.1 Å². The van der Waals surface area contributed by atoms with Gasteiger partial charge in [0, 0.05) is 18.6 Å². The van der Waals surface area contributed by atoms with Crippen molar-refractivity contribution >= 4 is 17.7 Å². The van der Waals surface area contributed by atoms with Gasteiger partial charge in [0.05, 0.1) is 5.69 Å². The molecular formula is C19H15F2N3O3. The number of hydrogen-bond acceptors (Lipinski definition) is 5. The lowest BCUT2D eigenvalue weighted by Crippen LogP contribution is -2.09. The summed E-state index contributed by atoms with van der Waals surface area (Å²) < 4.78 is 33.5. The Morgan fingerprint density at radius 3 is 2.59 bits per heavy atom. The van der Waals surface area contributed by atoms with Gasteiger partial charge in [-0.1, -0.05) is 29.4 Å². The number of nitrogens with zero attached hydrogens (tertiary/aromatic N) is 2. The molecule has 0 spiro atoms. The second-order valence-corrected chi connectivity index (χ2v) is 5.45. The van der Waals surface area contributed by atoms with Gasteiger partial charge in [-0.3, -0.25) is 4.79 Å². The van der Waals surface area contributed by atoms with Crippen molar-refractivity contribution in [3.8, 4) is 17.1 Å². The summed E-state index contributed by atoms with van der Waals surface area (Å²) in [6, 6.07) is 13.0. The molecule has 27 heavy (non-hydrogen) atoms. The van der Waals surface area contributed by atoms with Crippen LogP contribution >= 0.6 is 0 Å². The SMILES string of the molecule is Cc1nc(-c2ccccc2NC(=O)C=Cc2ccc(OC(F)F)cc2)no1. The molecule has 0 radical (unpaired) electrons. The van der Waals surface area contributed by atoms with Crippen molar-refractivity contribution in [1.29, 1.82) is 0 Å². The zero-order valence-electron chi connectivity index (χ0n) is 14.2. The Hall–Kier alpha value is -3.55. The van der Waals surface area contributed by atoms with E-state index in [-0.39, 0.29) is 11.7 Å². The van der Waals surface area contributed by atoms with Crippen molar-refractivity contribution in [2.24, 2.45) is 0 Å². The van der Waals surface area contributed by atoms with Crippen LogP contribution in [0.3, 0.4) is 0 Å². The summed E-state index contributed by atoms with van der Waals surface area (Å²) in [5.74, 6) is 0.485. The van der Waals surface area contributed by atoms with Gasteiger partial charge in [0.1, 0.15) is 5.75 Å². The molecule has 0 saturated carbocycles. The van der Waals surface area contributed by atoms with E-state index in [0.717, 1.165) is 0 Å². The number of benzene rings is 2. The van der Waals surface area contributed by atoms with Crippen LogP contribution in [-0.2, 0) is 4.79 Å². The Bertz CT molecular complexity index is 953. The van der Waals surface area contributed by atoms with Crippen molar-refractivity contribution in [3.05, 3.63) is 66.1 Å².